The molecule has 1 saturated heterocycles. The topological polar surface area (TPSA) is 29.0 Å². The summed E-state index contributed by atoms with van der Waals surface area (Å²) in [6, 6.07) is 0. The normalized spacial score (nSPS) is 21.8. The predicted octanol–water partition coefficient (Wildman–Crippen LogP) is 2.67. The first-order chi connectivity index (χ1) is 7.18. The maximum absolute atomic E-state index is 5.99. The van der Waals surface area contributed by atoms with Crippen molar-refractivity contribution >= 4 is 17.4 Å². The van der Waals surface area contributed by atoms with Crippen LogP contribution in [0.5, 0.6) is 0 Å². The Balaban J connectivity index is 2.24. The average Bonchev–Trinajstić information content (AvgIpc) is 2.22. The Kier molecular flexibility index (Phi) is 3.10. The SMILES string of the molecule is Cc1c(Cl)ncnc1N1CCCC(C)C1. The quantitative estimate of drug-likeness (QED) is 0.689. The smallest absolute Gasteiger partial charge is 0.137 e. The van der Waals surface area contributed by atoms with E-state index in [0.717, 1.165) is 30.4 Å². The molecule has 2 heterocycles. The van der Waals surface area contributed by atoms with E-state index in [1.807, 2.05) is 6.92 Å². The monoisotopic (exact) mass is 225 g/mol. The Labute approximate surface area is 95.5 Å². The molecule has 1 atom stereocenters. The molecule has 15 heavy (non-hydrogen) atoms. The van der Waals surface area contributed by atoms with Crippen molar-refractivity contribution < 1.29 is 0 Å². The molecule has 0 spiro atoms. The van der Waals surface area contributed by atoms with E-state index in [-0.39, 0.29) is 0 Å². The van der Waals surface area contributed by atoms with Gasteiger partial charge in [-0.25, -0.2) is 9.97 Å². The van der Waals surface area contributed by atoms with Gasteiger partial charge in [-0.05, 0) is 25.7 Å². The van der Waals surface area contributed by atoms with Crippen molar-refractivity contribution in [2.45, 2.75) is 26.7 Å². The molecule has 1 fully saturated rings. The molecule has 0 amide bonds. The van der Waals surface area contributed by atoms with Gasteiger partial charge in [-0.2, -0.15) is 0 Å². The molecule has 1 aromatic heterocycles. The van der Waals surface area contributed by atoms with E-state index in [1.54, 1.807) is 6.33 Å². The van der Waals surface area contributed by atoms with E-state index in [9.17, 15) is 0 Å². The first-order valence-electron chi connectivity index (χ1n) is 5.40. The second-order valence-corrected chi connectivity index (χ2v) is 4.66. The van der Waals surface area contributed by atoms with E-state index in [4.69, 9.17) is 11.6 Å². The van der Waals surface area contributed by atoms with Crippen LogP contribution in [0.15, 0.2) is 6.33 Å². The molecule has 0 aromatic carbocycles. The van der Waals surface area contributed by atoms with Crippen molar-refractivity contribution in [1.82, 2.24) is 9.97 Å². The fourth-order valence-corrected chi connectivity index (χ4v) is 2.25. The van der Waals surface area contributed by atoms with Crippen LogP contribution in [0.4, 0.5) is 5.82 Å². The van der Waals surface area contributed by atoms with Crippen LogP contribution in [0, 0.1) is 12.8 Å². The zero-order valence-corrected chi connectivity index (χ0v) is 9.96. The van der Waals surface area contributed by atoms with Crippen molar-refractivity contribution in [3.05, 3.63) is 17.0 Å². The third kappa shape index (κ3) is 2.23. The second-order valence-electron chi connectivity index (χ2n) is 4.31. The molecule has 1 aliphatic rings. The Morgan fingerprint density at radius 1 is 1.47 bits per heavy atom. The summed E-state index contributed by atoms with van der Waals surface area (Å²) in [6.07, 6.45) is 4.10. The molecule has 82 valence electrons. The Morgan fingerprint density at radius 2 is 2.27 bits per heavy atom. The molecule has 3 nitrogen and oxygen atoms in total. The number of hydrogen-bond acceptors (Lipinski definition) is 3. The van der Waals surface area contributed by atoms with Gasteiger partial charge in [0.2, 0.25) is 0 Å². The summed E-state index contributed by atoms with van der Waals surface area (Å²) in [6.45, 7) is 6.42. The van der Waals surface area contributed by atoms with Crippen LogP contribution < -0.4 is 4.90 Å². The number of aromatic nitrogens is 2. The zero-order valence-electron chi connectivity index (χ0n) is 9.20. The van der Waals surface area contributed by atoms with Gasteiger partial charge in [0.15, 0.2) is 0 Å². The molecule has 0 radical (unpaired) electrons. The molecular formula is C11H16ClN3. The summed E-state index contributed by atoms with van der Waals surface area (Å²) < 4.78 is 0. The van der Waals surface area contributed by atoms with Gasteiger partial charge in [0.25, 0.3) is 0 Å². The molecule has 0 N–H and O–H groups in total. The maximum Gasteiger partial charge on any atom is 0.137 e. The molecule has 4 heteroatoms. The number of anilines is 1. The summed E-state index contributed by atoms with van der Waals surface area (Å²) in [5.41, 5.74) is 0.994. The van der Waals surface area contributed by atoms with Gasteiger partial charge in [-0.15, -0.1) is 0 Å². The van der Waals surface area contributed by atoms with E-state index < -0.39 is 0 Å². The second kappa shape index (κ2) is 4.35. The summed E-state index contributed by atoms with van der Waals surface area (Å²) in [5.74, 6) is 1.74. The Bertz CT molecular complexity index is 354. The summed E-state index contributed by atoms with van der Waals surface area (Å²) in [7, 11) is 0. The highest BCUT2D eigenvalue weighted by Gasteiger charge is 2.19. The van der Waals surface area contributed by atoms with Crippen LogP contribution in [-0.2, 0) is 0 Å². The number of halogens is 1. The third-order valence-corrected chi connectivity index (χ3v) is 3.33. The lowest BCUT2D eigenvalue weighted by Gasteiger charge is -2.32. The van der Waals surface area contributed by atoms with Crippen molar-refractivity contribution in [3.63, 3.8) is 0 Å². The summed E-state index contributed by atoms with van der Waals surface area (Å²) in [5, 5.41) is 0.568. The van der Waals surface area contributed by atoms with Crippen molar-refractivity contribution in [1.29, 1.82) is 0 Å². The highest BCUT2D eigenvalue weighted by Crippen LogP contribution is 2.26. The Hall–Kier alpha value is -0.830. The van der Waals surface area contributed by atoms with Gasteiger partial charge in [0, 0.05) is 18.7 Å². The maximum atomic E-state index is 5.99. The Morgan fingerprint density at radius 3 is 3.00 bits per heavy atom. The minimum Gasteiger partial charge on any atom is -0.356 e. The van der Waals surface area contributed by atoms with Crippen LogP contribution in [0.2, 0.25) is 5.15 Å². The molecule has 0 bridgehead atoms. The van der Waals surface area contributed by atoms with E-state index in [2.05, 4.69) is 21.8 Å². The molecule has 1 aromatic rings. The van der Waals surface area contributed by atoms with Gasteiger partial charge < -0.3 is 4.90 Å². The lowest BCUT2D eigenvalue weighted by Crippen LogP contribution is -2.35. The highest BCUT2D eigenvalue weighted by molar-refractivity contribution is 6.30. The lowest BCUT2D eigenvalue weighted by atomic mass is 10.0. The van der Waals surface area contributed by atoms with Gasteiger partial charge in [0.1, 0.15) is 17.3 Å². The number of hydrogen-bond donors (Lipinski definition) is 0. The van der Waals surface area contributed by atoms with Crippen molar-refractivity contribution in [3.8, 4) is 0 Å². The standard InChI is InChI=1S/C11H16ClN3/c1-8-4-3-5-15(6-8)11-9(2)10(12)13-7-14-11/h7-8H,3-6H2,1-2H3. The van der Waals surface area contributed by atoms with Crippen molar-refractivity contribution in [2.24, 2.45) is 5.92 Å². The van der Waals surface area contributed by atoms with Crippen LogP contribution in [0.1, 0.15) is 25.3 Å². The number of piperidine rings is 1. The van der Waals surface area contributed by atoms with Crippen LogP contribution in [-0.4, -0.2) is 23.1 Å². The van der Waals surface area contributed by atoms with E-state index >= 15 is 0 Å². The summed E-state index contributed by atoms with van der Waals surface area (Å²) >= 11 is 5.99. The predicted molar refractivity (Wildman–Crippen MR) is 62.4 cm³/mol. The first kappa shape index (κ1) is 10.7. The largest absolute Gasteiger partial charge is 0.356 e. The summed E-state index contributed by atoms with van der Waals surface area (Å²) in [4.78, 5) is 10.6. The molecule has 1 unspecified atom stereocenters. The molecule has 0 saturated carbocycles. The highest BCUT2D eigenvalue weighted by atomic mass is 35.5. The molecule has 0 aliphatic carbocycles. The lowest BCUT2D eigenvalue weighted by molar-refractivity contribution is 0.444. The zero-order chi connectivity index (χ0) is 10.8. The first-order valence-corrected chi connectivity index (χ1v) is 5.78. The number of nitrogens with zero attached hydrogens (tertiary/aromatic N) is 3. The minimum absolute atomic E-state index is 0.568. The average molecular weight is 226 g/mol. The third-order valence-electron chi connectivity index (χ3n) is 2.95. The van der Waals surface area contributed by atoms with E-state index in [0.29, 0.717) is 5.15 Å². The van der Waals surface area contributed by atoms with Gasteiger partial charge in [-0.1, -0.05) is 18.5 Å². The fraction of sp³-hybridized carbons (Fsp3) is 0.636. The molecule has 1 aliphatic heterocycles. The van der Waals surface area contributed by atoms with Gasteiger partial charge in [-0.3, -0.25) is 0 Å². The van der Waals surface area contributed by atoms with E-state index in [1.165, 1.54) is 12.8 Å². The molecular weight excluding hydrogens is 210 g/mol. The van der Waals surface area contributed by atoms with Crippen LogP contribution in [0.3, 0.4) is 0 Å². The fourth-order valence-electron chi connectivity index (χ4n) is 2.12. The van der Waals surface area contributed by atoms with Gasteiger partial charge >= 0.3 is 0 Å². The number of rotatable bonds is 1. The van der Waals surface area contributed by atoms with Crippen molar-refractivity contribution in [2.75, 3.05) is 18.0 Å². The van der Waals surface area contributed by atoms with Crippen LogP contribution >= 0.6 is 11.6 Å². The minimum atomic E-state index is 0.568. The van der Waals surface area contributed by atoms with Gasteiger partial charge in [0.05, 0.1) is 0 Å². The van der Waals surface area contributed by atoms with Crippen LogP contribution in [0.25, 0.3) is 0 Å². The molecule has 2 rings (SSSR count).